The number of para-hydroxylation sites is 1. The highest BCUT2D eigenvalue weighted by atomic mass is 32.2. The first-order chi connectivity index (χ1) is 14.0. The highest BCUT2D eigenvalue weighted by Gasteiger charge is 2.14. The Hall–Kier alpha value is -2.80. The third-order valence-electron chi connectivity index (χ3n) is 4.33. The van der Waals surface area contributed by atoms with E-state index in [4.69, 9.17) is 4.74 Å². The van der Waals surface area contributed by atoms with Gasteiger partial charge in [0.1, 0.15) is 5.75 Å². The molecule has 0 aliphatic rings. The fraction of sp³-hybridized carbons (Fsp3) is 0.318. The molecule has 0 radical (unpaired) electrons. The summed E-state index contributed by atoms with van der Waals surface area (Å²) in [7, 11) is 1.61. The van der Waals surface area contributed by atoms with Gasteiger partial charge in [-0.05, 0) is 35.7 Å². The molecule has 0 saturated carbocycles. The lowest BCUT2D eigenvalue weighted by Gasteiger charge is -2.15. The molecular weight excluding hydrogens is 386 g/mol. The molecule has 3 rings (SSSR count). The van der Waals surface area contributed by atoms with Crippen LogP contribution in [0.3, 0.4) is 0 Å². The highest BCUT2D eigenvalue weighted by Crippen LogP contribution is 2.19. The van der Waals surface area contributed by atoms with Gasteiger partial charge in [0, 0.05) is 13.1 Å². The number of nitrogens with one attached hydrogen (secondary N) is 1. The second kappa shape index (κ2) is 9.60. The van der Waals surface area contributed by atoms with Gasteiger partial charge in [-0.3, -0.25) is 14.2 Å². The van der Waals surface area contributed by atoms with Crippen LogP contribution < -0.4 is 15.6 Å². The van der Waals surface area contributed by atoms with Crippen LogP contribution >= 0.6 is 11.8 Å². The van der Waals surface area contributed by atoms with E-state index in [0.29, 0.717) is 29.1 Å². The first-order valence-electron chi connectivity index (χ1n) is 9.50. The van der Waals surface area contributed by atoms with Gasteiger partial charge in [-0.1, -0.05) is 49.9 Å². The average Bonchev–Trinajstić information content (AvgIpc) is 2.73. The van der Waals surface area contributed by atoms with Crippen molar-refractivity contribution in [3.8, 4) is 5.75 Å². The molecule has 152 valence electrons. The molecule has 29 heavy (non-hydrogen) atoms. The number of fused-ring (bicyclic) bond motifs is 1. The normalized spacial score (nSPS) is 11.0. The Kier molecular flexibility index (Phi) is 6.93. The van der Waals surface area contributed by atoms with Crippen molar-refractivity contribution in [1.29, 1.82) is 0 Å². The molecule has 7 heteroatoms. The van der Waals surface area contributed by atoms with E-state index in [1.165, 1.54) is 11.8 Å². The molecule has 0 aliphatic heterocycles. The summed E-state index contributed by atoms with van der Waals surface area (Å²) in [6.07, 6.45) is 0. The van der Waals surface area contributed by atoms with Gasteiger partial charge in [0.2, 0.25) is 5.91 Å². The number of methoxy groups -OCH3 is 1. The molecule has 0 spiro atoms. The third kappa shape index (κ3) is 5.38. The Morgan fingerprint density at radius 1 is 1.21 bits per heavy atom. The predicted molar refractivity (Wildman–Crippen MR) is 116 cm³/mol. The van der Waals surface area contributed by atoms with Crippen molar-refractivity contribution < 1.29 is 9.53 Å². The zero-order valence-corrected chi connectivity index (χ0v) is 17.7. The Balaban J connectivity index is 1.71. The number of thioether (sulfide) groups is 1. The highest BCUT2D eigenvalue weighted by molar-refractivity contribution is 7.99. The molecule has 1 amide bonds. The molecule has 6 nitrogen and oxygen atoms in total. The number of hydrogen-bond donors (Lipinski definition) is 1. The Bertz CT molecular complexity index is 1060. The SMILES string of the molecule is COc1cccc(CNC(=O)CSc2nc3ccccc3c(=O)n2CC(C)C)c1. The van der Waals surface area contributed by atoms with Crippen molar-refractivity contribution in [2.45, 2.75) is 32.1 Å². The number of amides is 1. The predicted octanol–water partition coefficient (Wildman–Crippen LogP) is 3.47. The summed E-state index contributed by atoms with van der Waals surface area (Å²) in [5.41, 5.74) is 1.55. The zero-order valence-electron chi connectivity index (χ0n) is 16.8. The Labute approximate surface area is 174 Å². The number of nitrogens with zero attached hydrogens (tertiary/aromatic N) is 2. The molecular formula is C22H25N3O3S. The largest absolute Gasteiger partial charge is 0.497 e. The lowest BCUT2D eigenvalue weighted by molar-refractivity contribution is -0.118. The molecule has 0 bridgehead atoms. The summed E-state index contributed by atoms with van der Waals surface area (Å²) in [5, 5.41) is 4.07. The number of rotatable bonds is 8. The number of carbonyl (C=O) groups excluding carboxylic acids is 1. The van der Waals surface area contributed by atoms with Crippen molar-refractivity contribution >= 4 is 28.6 Å². The van der Waals surface area contributed by atoms with Crippen molar-refractivity contribution in [2.75, 3.05) is 12.9 Å². The van der Waals surface area contributed by atoms with E-state index in [1.54, 1.807) is 17.7 Å². The maximum Gasteiger partial charge on any atom is 0.262 e. The van der Waals surface area contributed by atoms with Gasteiger partial charge in [-0.15, -0.1) is 0 Å². The number of hydrogen-bond acceptors (Lipinski definition) is 5. The van der Waals surface area contributed by atoms with Crippen LogP contribution in [-0.2, 0) is 17.9 Å². The van der Waals surface area contributed by atoms with Gasteiger partial charge < -0.3 is 10.1 Å². The second-order valence-electron chi connectivity index (χ2n) is 7.14. The van der Waals surface area contributed by atoms with E-state index in [-0.39, 0.29) is 23.1 Å². The quantitative estimate of drug-likeness (QED) is 0.454. The topological polar surface area (TPSA) is 73.2 Å². The molecule has 0 fully saturated rings. The maximum absolute atomic E-state index is 12.9. The van der Waals surface area contributed by atoms with Crippen molar-refractivity contribution in [3.63, 3.8) is 0 Å². The Morgan fingerprint density at radius 2 is 2.00 bits per heavy atom. The lowest BCUT2D eigenvalue weighted by atomic mass is 10.2. The van der Waals surface area contributed by atoms with E-state index in [2.05, 4.69) is 24.1 Å². The van der Waals surface area contributed by atoms with Gasteiger partial charge in [0.15, 0.2) is 5.16 Å². The molecule has 1 aromatic heterocycles. The summed E-state index contributed by atoms with van der Waals surface area (Å²) < 4.78 is 6.87. The Morgan fingerprint density at radius 3 is 2.76 bits per heavy atom. The summed E-state index contributed by atoms with van der Waals surface area (Å²) in [5.74, 6) is 1.12. The number of carbonyl (C=O) groups is 1. The molecule has 2 aromatic carbocycles. The fourth-order valence-corrected chi connectivity index (χ4v) is 3.79. The minimum Gasteiger partial charge on any atom is -0.497 e. The second-order valence-corrected chi connectivity index (χ2v) is 8.08. The standard InChI is InChI=1S/C22H25N3O3S/c1-15(2)13-25-21(27)18-9-4-5-10-19(18)24-22(25)29-14-20(26)23-12-16-7-6-8-17(11-16)28-3/h4-11,15H,12-14H2,1-3H3,(H,23,26). The summed E-state index contributed by atoms with van der Waals surface area (Å²) in [4.78, 5) is 29.9. The first-order valence-corrected chi connectivity index (χ1v) is 10.5. The summed E-state index contributed by atoms with van der Waals surface area (Å²) in [6.45, 7) is 5.08. The van der Waals surface area contributed by atoms with Gasteiger partial charge >= 0.3 is 0 Å². The molecule has 0 unspecified atom stereocenters. The number of aromatic nitrogens is 2. The van der Waals surface area contributed by atoms with E-state index in [0.717, 1.165) is 11.3 Å². The third-order valence-corrected chi connectivity index (χ3v) is 5.31. The van der Waals surface area contributed by atoms with Gasteiger partial charge in [-0.25, -0.2) is 4.98 Å². The molecule has 0 atom stereocenters. The molecule has 1 N–H and O–H groups in total. The van der Waals surface area contributed by atoms with Crippen molar-refractivity contribution in [1.82, 2.24) is 14.9 Å². The molecule has 1 heterocycles. The van der Waals surface area contributed by atoms with Crippen molar-refractivity contribution in [3.05, 3.63) is 64.4 Å². The van der Waals surface area contributed by atoms with Gasteiger partial charge in [0.05, 0.1) is 23.8 Å². The molecule has 0 saturated heterocycles. The maximum atomic E-state index is 12.9. The smallest absolute Gasteiger partial charge is 0.262 e. The van der Waals surface area contributed by atoms with Crippen LogP contribution in [0.5, 0.6) is 5.75 Å². The fourth-order valence-electron chi connectivity index (χ4n) is 2.95. The number of ether oxygens (including phenoxy) is 1. The van der Waals surface area contributed by atoms with E-state index < -0.39 is 0 Å². The van der Waals surface area contributed by atoms with Gasteiger partial charge in [0.25, 0.3) is 5.56 Å². The minimum absolute atomic E-state index is 0.0661. The monoisotopic (exact) mass is 411 g/mol. The van der Waals surface area contributed by atoms with Crippen LogP contribution in [0.25, 0.3) is 10.9 Å². The average molecular weight is 412 g/mol. The molecule has 0 aliphatic carbocycles. The van der Waals surface area contributed by atoms with Crippen LogP contribution in [0.2, 0.25) is 0 Å². The van der Waals surface area contributed by atoms with Crippen LogP contribution in [0.1, 0.15) is 19.4 Å². The van der Waals surface area contributed by atoms with Crippen LogP contribution in [-0.4, -0.2) is 28.3 Å². The minimum atomic E-state index is -0.115. The van der Waals surface area contributed by atoms with E-state index in [1.807, 2.05) is 42.5 Å². The molecule has 3 aromatic rings. The number of benzene rings is 2. The van der Waals surface area contributed by atoms with Crippen LogP contribution in [0.4, 0.5) is 0 Å². The van der Waals surface area contributed by atoms with E-state index in [9.17, 15) is 9.59 Å². The van der Waals surface area contributed by atoms with Crippen molar-refractivity contribution in [2.24, 2.45) is 5.92 Å². The first kappa shape index (κ1) is 20.9. The summed E-state index contributed by atoms with van der Waals surface area (Å²) in [6, 6.07) is 14.9. The van der Waals surface area contributed by atoms with Crippen LogP contribution in [0.15, 0.2) is 58.5 Å². The lowest BCUT2D eigenvalue weighted by Crippen LogP contribution is -2.27. The van der Waals surface area contributed by atoms with Gasteiger partial charge in [-0.2, -0.15) is 0 Å². The summed E-state index contributed by atoms with van der Waals surface area (Å²) >= 11 is 1.28. The van der Waals surface area contributed by atoms with E-state index >= 15 is 0 Å². The zero-order chi connectivity index (χ0) is 20.8. The van der Waals surface area contributed by atoms with Crippen LogP contribution in [0, 0.1) is 5.92 Å².